The molecule has 0 spiro atoms. The molecule has 0 saturated heterocycles. The number of carboxylic acids is 1. The van der Waals surface area contributed by atoms with Crippen molar-refractivity contribution in [1.29, 1.82) is 0 Å². The van der Waals surface area contributed by atoms with Crippen molar-refractivity contribution in [1.82, 2.24) is 5.32 Å². The van der Waals surface area contributed by atoms with Gasteiger partial charge in [-0.15, -0.1) is 0 Å². The number of hydrogen-bond donors (Lipinski definition) is 2. The molecule has 1 heterocycles. The van der Waals surface area contributed by atoms with E-state index in [2.05, 4.69) is 21.2 Å². The molecule has 0 saturated carbocycles. The van der Waals surface area contributed by atoms with Gasteiger partial charge in [0.1, 0.15) is 12.4 Å². The van der Waals surface area contributed by atoms with Crippen LogP contribution >= 0.6 is 15.9 Å². The first-order valence-electron chi connectivity index (χ1n) is 9.02. The second-order valence-electron chi connectivity index (χ2n) is 6.98. The van der Waals surface area contributed by atoms with Crippen molar-refractivity contribution in [3.05, 3.63) is 82.2 Å². The summed E-state index contributed by atoms with van der Waals surface area (Å²) in [7, 11) is 0. The number of amides is 1. The van der Waals surface area contributed by atoms with E-state index in [4.69, 9.17) is 9.15 Å². The predicted molar refractivity (Wildman–Crippen MR) is 110 cm³/mol. The van der Waals surface area contributed by atoms with Gasteiger partial charge in [0.25, 0.3) is 0 Å². The molecule has 2 aromatic carbocycles. The zero-order chi connectivity index (χ0) is 20.6. The Morgan fingerprint density at radius 3 is 2.17 bits per heavy atom. The van der Waals surface area contributed by atoms with Crippen LogP contribution in [0.5, 0.6) is 0 Å². The largest absolute Gasteiger partial charge is 0.479 e. The fourth-order valence-electron chi connectivity index (χ4n) is 3.64. The first-order chi connectivity index (χ1) is 13.9. The number of rotatable bonds is 5. The number of aliphatic carboxylic acids is 1. The van der Waals surface area contributed by atoms with Crippen LogP contribution < -0.4 is 5.32 Å². The number of nitrogens with one attached hydrogen (secondary N) is 1. The minimum Gasteiger partial charge on any atom is -0.479 e. The average Bonchev–Trinajstić information content (AvgIpc) is 3.28. The lowest BCUT2D eigenvalue weighted by Gasteiger charge is -2.24. The van der Waals surface area contributed by atoms with Gasteiger partial charge in [-0.25, -0.2) is 9.59 Å². The minimum absolute atomic E-state index is 0.0883. The third-order valence-electron chi connectivity index (χ3n) is 5.19. The van der Waals surface area contributed by atoms with Gasteiger partial charge in [-0.1, -0.05) is 48.5 Å². The van der Waals surface area contributed by atoms with Crippen molar-refractivity contribution >= 4 is 28.0 Å². The molecule has 7 heteroatoms. The third kappa shape index (κ3) is 3.42. The summed E-state index contributed by atoms with van der Waals surface area (Å²) in [5.74, 6) is -1.28. The van der Waals surface area contributed by atoms with Crippen LogP contribution in [0.2, 0.25) is 0 Å². The number of carbonyl (C=O) groups excluding carboxylic acids is 1. The number of furan rings is 1. The Morgan fingerprint density at radius 1 is 1.07 bits per heavy atom. The highest BCUT2D eigenvalue weighted by Crippen LogP contribution is 2.44. The predicted octanol–water partition coefficient (Wildman–Crippen LogP) is 4.88. The van der Waals surface area contributed by atoms with E-state index in [-0.39, 0.29) is 18.3 Å². The van der Waals surface area contributed by atoms with Gasteiger partial charge in [-0.05, 0) is 57.2 Å². The molecule has 1 unspecified atom stereocenters. The quantitative estimate of drug-likeness (QED) is 0.572. The molecular formula is C22H18BrNO5. The molecule has 1 aliphatic carbocycles. The lowest BCUT2D eigenvalue weighted by molar-refractivity contribution is -0.145. The van der Waals surface area contributed by atoms with Crippen LogP contribution in [0, 0.1) is 0 Å². The summed E-state index contributed by atoms with van der Waals surface area (Å²) in [6.45, 7) is 1.44. The molecule has 1 aromatic heterocycles. The number of fused-ring (bicyclic) bond motifs is 3. The molecule has 29 heavy (non-hydrogen) atoms. The first kappa shape index (κ1) is 19.3. The van der Waals surface area contributed by atoms with E-state index in [1.165, 1.54) is 13.0 Å². The van der Waals surface area contributed by atoms with Crippen LogP contribution in [-0.4, -0.2) is 23.8 Å². The number of carbonyl (C=O) groups is 2. The molecule has 0 bridgehead atoms. The Balaban J connectivity index is 1.52. The Kier molecular flexibility index (Phi) is 4.92. The number of hydrogen-bond acceptors (Lipinski definition) is 4. The van der Waals surface area contributed by atoms with Crippen LogP contribution in [0.3, 0.4) is 0 Å². The molecule has 0 radical (unpaired) electrons. The number of alkyl carbamates (subject to hydrolysis) is 1. The number of halogens is 1. The molecule has 1 amide bonds. The molecule has 1 aliphatic rings. The third-order valence-corrected chi connectivity index (χ3v) is 5.62. The van der Waals surface area contributed by atoms with Gasteiger partial charge in [0.15, 0.2) is 10.2 Å². The maximum Gasteiger partial charge on any atom is 0.408 e. The van der Waals surface area contributed by atoms with Gasteiger partial charge in [0, 0.05) is 5.92 Å². The van der Waals surface area contributed by atoms with Crippen LogP contribution in [0.25, 0.3) is 11.1 Å². The molecule has 148 valence electrons. The topological polar surface area (TPSA) is 88.8 Å². The standard InChI is InChI=1S/C22H18BrNO5/c1-22(20(25)26,18-10-11-19(23)29-18)24-21(27)28-12-17-15-8-4-2-6-13(15)14-7-3-5-9-16(14)17/h2-11,17H,12H2,1H3,(H,24,27)(H,25,26). The van der Waals surface area contributed by atoms with Crippen molar-refractivity contribution in [3.63, 3.8) is 0 Å². The fraction of sp³-hybridized carbons (Fsp3) is 0.182. The Bertz CT molecular complexity index is 1050. The summed E-state index contributed by atoms with van der Waals surface area (Å²) < 4.78 is 11.2. The van der Waals surface area contributed by atoms with E-state index in [0.29, 0.717) is 4.67 Å². The van der Waals surface area contributed by atoms with Gasteiger partial charge in [-0.2, -0.15) is 0 Å². The van der Waals surface area contributed by atoms with Crippen molar-refractivity contribution in [3.8, 4) is 11.1 Å². The number of ether oxygens (including phenoxy) is 1. The molecule has 3 aromatic rings. The van der Waals surface area contributed by atoms with Crippen molar-refractivity contribution in [2.45, 2.75) is 18.4 Å². The number of benzene rings is 2. The van der Waals surface area contributed by atoms with E-state index in [9.17, 15) is 14.7 Å². The molecule has 4 rings (SSSR count). The normalized spacial score (nSPS) is 14.6. The minimum atomic E-state index is -1.76. The second kappa shape index (κ2) is 7.40. The maximum absolute atomic E-state index is 12.5. The first-order valence-corrected chi connectivity index (χ1v) is 9.82. The zero-order valence-corrected chi connectivity index (χ0v) is 17.1. The smallest absolute Gasteiger partial charge is 0.408 e. The van der Waals surface area contributed by atoms with Gasteiger partial charge in [-0.3, -0.25) is 5.32 Å². The summed E-state index contributed by atoms with van der Waals surface area (Å²) >= 11 is 3.14. The van der Waals surface area contributed by atoms with Gasteiger partial charge >= 0.3 is 12.1 Å². The lowest BCUT2D eigenvalue weighted by Crippen LogP contribution is -2.49. The Hall–Kier alpha value is -3.06. The van der Waals surface area contributed by atoms with E-state index in [1.807, 2.05) is 48.5 Å². The molecular weight excluding hydrogens is 438 g/mol. The highest BCUT2D eigenvalue weighted by Gasteiger charge is 2.41. The van der Waals surface area contributed by atoms with Crippen LogP contribution in [0.15, 0.2) is 69.8 Å². The summed E-state index contributed by atoms with van der Waals surface area (Å²) in [6.07, 6.45) is -0.829. The van der Waals surface area contributed by atoms with Crippen molar-refractivity contribution in [2.75, 3.05) is 6.61 Å². The van der Waals surface area contributed by atoms with Crippen molar-refractivity contribution in [2.24, 2.45) is 0 Å². The Morgan fingerprint density at radius 2 is 1.66 bits per heavy atom. The van der Waals surface area contributed by atoms with E-state index in [1.54, 1.807) is 6.07 Å². The molecule has 0 aliphatic heterocycles. The van der Waals surface area contributed by atoms with Crippen LogP contribution in [-0.2, 0) is 15.1 Å². The molecule has 6 nitrogen and oxygen atoms in total. The average molecular weight is 456 g/mol. The Labute approximate surface area is 175 Å². The summed E-state index contributed by atoms with van der Waals surface area (Å²) in [5, 5.41) is 12.1. The summed E-state index contributed by atoms with van der Waals surface area (Å²) in [6, 6.07) is 19.0. The summed E-state index contributed by atoms with van der Waals surface area (Å²) in [4.78, 5) is 24.3. The molecule has 1 atom stereocenters. The zero-order valence-electron chi connectivity index (χ0n) is 15.5. The SMILES string of the molecule is CC(NC(=O)OCC1c2ccccc2-c2ccccc21)(C(=O)O)c1ccc(Br)o1. The van der Waals surface area contributed by atoms with Gasteiger partial charge in [0.2, 0.25) is 0 Å². The molecule has 0 fully saturated rings. The highest BCUT2D eigenvalue weighted by atomic mass is 79.9. The van der Waals surface area contributed by atoms with Gasteiger partial charge in [0.05, 0.1) is 0 Å². The van der Waals surface area contributed by atoms with E-state index >= 15 is 0 Å². The fourth-order valence-corrected chi connectivity index (χ4v) is 3.95. The monoisotopic (exact) mass is 455 g/mol. The lowest BCUT2D eigenvalue weighted by atomic mass is 9.98. The maximum atomic E-state index is 12.5. The summed E-state index contributed by atoms with van der Waals surface area (Å²) in [5.41, 5.74) is 2.64. The van der Waals surface area contributed by atoms with E-state index < -0.39 is 17.6 Å². The highest BCUT2D eigenvalue weighted by molar-refractivity contribution is 9.10. The van der Waals surface area contributed by atoms with Crippen LogP contribution in [0.4, 0.5) is 4.79 Å². The number of carboxylic acid groups (broad SMARTS) is 1. The second-order valence-corrected chi connectivity index (χ2v) is 7.77. The van der Waals surface area contributed by atoms with E-state index in [0.717, 1.165) is 22.3 Å². The molecule has 2 N–H and O–H groups in total. The van der Waals surface area contributed by atoms with Crippen molar-refractivity contribution < 1.29 is 23.8 Å². The van der Waals surface area contributed by atoms with Crippen LogP contribution in [0.1, 0.15) is 29.7 Å². The van der Waals surface area contributed by atoms with Gasteiger partial charge < -0.3 is 14.3 Å².